The molecule has 0 spiro atoms. The van der Waals surface area contributed by atoms with Crippen LogP contribution in [-0.4, -0.2) is 37.4 Å². The van der Waals surface area contributed by atoms with Crippen molar-refractivity contribution in [1.29, 1.82) is 0 Å². The number of amides is 1. The maximum Gasteiger partial charge on any atom is 0.249 e. The van der Waals surface area contributed by atoms with Gasteiger partial charge in [-0.15, -0.1) is 0 Å². The van der Waals surface area contributed by atoms with Crippen LogP contribution in [-0.2, 0) is 4.79 Å². The summed E-state index contributed by atoms with van der Waals surface area (Å²) < 4.78 is 21.7. The molecule has 1 heterocycles. The van der Waals surface area contributed by atoms with E-state index in [-0.39, 0.29) is 23.8 Å². The topological polar surface area (TPSA) is 95.7 Å². The van der Waals surface area contributed by atoms with E-state index in [0.29, 0.717) is 40.9 Å². The lowest BCUT2D eigenvalue weighted by atomic mass is 9.98. The average Bonchev–Trinajstić information content (AvgIpc) is 3.19. The number of carbonyl (C=O) groups excluding carboxylic acids is 1. The van der Waals surface area contributed by atoms with Crippen molar-refractivity contribution in [2.45, 2.75) is 46.6 Å². The fourth-order valence-corrected chi connectivity index (χ4v) is 2.98. The third kappa shape index (κ3) is 5.40. The molecule has 2 aromatic rings. The van der Waals surface area contributed by atoms with E-state index in [1.54, 1.807) is 33.5 Å². The van der Waals surface area contributed by atoms with E-state index in [1.807, 2.05) is 20.8 Å². The summed E-state index contributed by atoms with van der Waals surface area (Å²) in [5.41, 5.74) is 0.658. The van der Waals surface area contributed by atoms with Gasteiger partial charge in [0.25, 0.3) is 0 Å². The number of hydrogen-bond donors (Lipinski definition) is 1. The lowest BCUT2D eigenvalue weighted by molar-refractivity contribution is -0.123. The van der Waals surface area contributed by atoms with Crippen LogP contribution >= 0.6 is 0 Å². The number of rotatable bonds is 10. The predicted octanol–water partition coefficient (Wildman–Crippen LogP) is 4.01. The molecule has 0 saturated heterocycles. The van der Waals surface area contributed by atoms with Gasteiger partial charge in [-0.2, -0.15) is 4.98 Å². The number of ether oxygens (including phenoxy) is 3. The van der Waals surface area contributed by atoms with Crippen LogP contribution in [0.3, 0.4) is 0 Å². The van der Waals surface area contributed by atoms with Crippen LogP contribution in [0.1, 0.15) is 52.5 Å². The highest BCUT2D eigenvalue weighted by molar-refractivity contribution is 5.76. The molecule has 29 heavy (non-hydrogen) atoms. The van der Waals surface area contributed by atoms with E-state index >= 15 is 0 Å². The van der Waals surface area contributed by atoms with E-state index in [4.69, 9.17) is 18.7 Å². The quantitative estimate of drug-likeness (QED) is 0.638. The Hall–Kier alpha value is -2.77. The summed E-state index contributed by atoms with van der Waals surface area (Å²) in [5.74, 6) is 2.61. The minimum Gasteiger partial charge on any atom is -0.493 e. The minimum atomic E-state index is -0.352. The first-order valence-electron chi connectivity index (χ1n) is 9.77. The Bertz CT molecular complexity index is 793. The molecule has 0 aliphatic carbocycles. The van der Waals surface area contributed by atoms with Crippen molar-refractivity contribution in [3.63, 3.8) is 0 Å². The Kier molecular flexibility index (Phi) is 7.87. The van der Waals surface area contributed by atoms with Crippen molar-refractivity contribution in [3.05, 3.63) is 18.0 Å². The third-order valence-corrected chi connectivity index (χ3v) is 4.75. The third-order valence-electron chi connectivity index (χ3n) is 4.75. The Labute approximate surface area is 171 Å². The zero-order valence-electron chi connectivity index (χ0n) is 18.2. The molecule has 1 amide bonds. The first kappa shape index (κ1) is 22.5. The smallest absolute Gasteiger partial charge is 0.249 e. The Morgan fingerprint density at radius 1 is 1.10 bits per heavy atom. The zero-order chi connectivity index (χ0) is 21.6. The summed E-state index contributed by atoms with van der Waals surface area (Å²) >= 11 is 0. The number of nitrogens with one attached hydrogen (secondary N) is 1. The van der Waals surface area contributed by atoms with Gasteiger partial charge in [0, 0.05) is 12.0 Å². The van der Waals surface area contributed by atoms with Crippen LogP contribution in [0.5, 0.6) is 17.2 Å². The highest BCUT2D eigenvalue weighted by Crippen LogP contribution is 2.40. The van der Waals surface area contributed by atoms with Gasteiger partial charge in [-0.05, 0) is 24.0 Å². The highest BCUT2D eigenvalue weighted by Gasteiger charge is 2.27. The summed E-state index contributed by atoms with van der Waals surface area (Å²) in [6, 6.07) is 3.16. The molecule has 0 saturated carbocycles. The molecule has 0 aliphatic heterocycles. The molecule has 1 N–H and O–H groups in total. The average molecular weight is 405 g/mol. The van der Waals surface area contributed by atoms with Crippen LogP contribution in [0, 0.1) is 11.8 Å². The Morgan fingerprint density at radius 2 is 1.72 bits per heavy atom. The highest BCUT2D eigenvalue weighted by atomic mass is 16.5. The molecule has 8 heteroatoms. The second-order valence-corrected chi connectivity index (χ2v) is 7.40. The molecule has 1 aromatic carbocycles. The Morgan fingerprint density at radius 3 is 2.21 bits per heavy atom. The summed E-state index contributed by atoms with van der Waals surface area (Å²) in [5, 5.41) is 7.15. The number of methoxy groups -OCH3 is 3. The maximum absolute atomic E-state index is 12.3. The van der Waals surface area contributed by atoms with Gasteiger partial charge < -0.3 is 24.1 Å². The first-order valence-corrected chi connectivity index (χ1v) is 9.77. The fraction of sp³-hybridized carbons (Fsp3) is 0.571. The molecule has 1 aromatic heterocycles. The molecule has 0 radical (unpaired) electrons. The molecule has 8 nitrogen and oxygen atoms in total. The first-order chi connectivity index (χ1) is 13.8. The van der Waals surface area contributed by atoms with Crippen molar-refractivity contribution in [2.24, 2.45) is 11.8 Å². The van der Waals surface area contributed by atoms with E-state index in [9.17, 15) is 4.79 Å². The maximum atomic E-state index is 12.3. The predicted molar refractivity (Wildman–Crippen MR) is 109 cm³/mol. The van der Waals surface area contributed by atoms with Crippen LogP contribution in [0.2, 0.25) is 0 Å². The normalized spacial score (nSPS) is 13.1. The minimum absolute atomic E-state index is 0.0298. The summed E-state index contributed by atoms with van der Waals surface area (Å²) in [7, 11) is 4.64. The van der Waals surface area contributed by atoms with Gasteiger partial charge in [-0.1, -0.05) is 39.3 Å². The van der Waals surface area contributed by atoms with Crippen molar-refractivity contribution in [3.8, 4) is 28.6 Å². The lowest BCUT2D eigenvalue weighted by Crippen LogP contribution is -2.33. The molecular formula is C21H31N3O5. The number of aromatic nitrogens is 2. The van der Waals surface area contributed by atoms with Gasteiger partial charge in [-0.3, -0.25) is 4.79 Å². The molecular weight excluding hydrogens is 374 g/mol. The van der Waals surface area contributed by atoms with Crippen molar-refractivity contribution < 1.29 is 23.5 Å². The van der Waals surface area contributed by atoms with Crippen LogP contribution in [0.4, 0.5) is 0 Å². The van der Waals surface area contributed by atoms with Gasteiger partial charge in [0.1, 0.15) is 6.04 Å². The second kappa shape index (κ2) is 10.1. The summed E-state index contributed by atoms with van der Waals surface area (Å²) in [6.45, 7) is 8.12. The van der Waals surface area contributed by atoms with E-state index in [2.05, 4.69) is 22.4 Å². The number of hydrogen-bond acceptors (Lipinski definition) is 7. The van der Waals surface area contributed by atoms with Crippen LogP contribution < -0.4 is 19.5 Å². The van der Waals surface area contributed by atoms with Crippen molar-refractivity contribution >= 4 is 5.91 Å². The number of nitrogens with zero attached hydrogens (tertiary/aromatic N) is 2. The molecule has 160 valence electrons. The second-order valence-electron chi connectivity index (χ2n) is 7.40. The van der Waals surface area contributed by atoms with E-state index in [0.717, 1.165) is 6.42 Å². The number of benzene rings is 1. The van der Waals surface area contributed by atoms with E-state index < -0.39 is 0 Å². The molecule has 0 aliphatic rings. The Balaban J connectivity index is 2.37. The molecule has 2 atom stereocenters. The standard InChI is InChI=1S/C21H31N3O5/c1-8-13(4)18(22-17(25)9-12(2)3)21-23-20(24-29-21)14-10-15(26-5)19(28-7)16(11-14)27-6/h10-13,18H,8-9H2,1-7H3,(H,22,25). The van der Waals surface area contributed by atoms with Crippen molar-refractivity contribution in [2.75, 3.05) is 21.3 Å². The number of carbonyl (C=O) groups is 1. The van der Waals surface area contributed by atoms with Crippen LogP contribution in [0.25, 0.3) is 11.4 Å². The molecule has 0 fully saturated rings. The van der Waals surface area contributed by atoms with Gasteiger partial charge in [-0.25, -0.2) is 0 Å². The van der Waals surface area contributed by atoms with Gasteiger partial charge in [0.05, 0.1) is 21.3 Å². The summed E-state index contributed by atoms with van der Waals surface area (Å²) in [6.07, 6.45) is 1.30. The zero-order valence-corrected chi connectivity index (χ0v) is 18.2. The molecule has 0 bridgehead atoms. The molecule has 2 rings (SSSR count). The molecule has 2 unspecified atom stereocenters. The van der Waals surface area contributed by atoms with Gasteiger partial charge in [0.2, 0.25) is 23.4 Å². The van der Waals surface area contributed by atoms with Gasteiger partial charge >= 0.3 is 0 Å². The SMILES string of the molecule is CCC(C)C(NC(=O)CC(C)C)c1nc(-c2cc(OC)c(OC)c(OC)c2)no1. The fourth-order valence-electron chi connectivity index (χ4n) is 2.98. The monoisotopic (exact) mass is 405 g/mol. The largest absolute Gasteiger partial charge is 0.493 e. The van der Waals surface area contributed by atoms with Crippen LogP contribution in [0.15, 0.2) is 16.7 Å². The van der Waals surface area contributed by atoms with E-state index in [1.165, 1.54) is 0 Å². The van der Waals surface area contributed by atoms with Gasteiger partial charge in [0.15, 0.2) is 11.5 Å². The summed E-state index contributed by atoms with van der Waals surface area (Å²) in [4.78, 5) is 16.9. The lowest BCUT2D eigenvalue weighted by Gasteiger charge is -2.21. The van der Waals surface area contributed by atoms with Crippen molar-refractivity contribution in [1.82, 2.24) is 15.5 Å².